The summed E-state index contributed by atoms with van der Waals surface area (Å²) in [7, 11) is 0. The third-order valence-corrected chi connectivity index (χ3v) is 0.985. The summed E-state index contributed by atoms with van der Waals surface area (Å²) in [5.41, 5.74) is 0. The van der Waals surface area contributed by atoms with E-state index in [1.807, 2.05) is 0 Å². The van der Waals surface area contributed by atoms with Crippen molar-refractivity contribution in [1.29, 1.82) is 0 Å². The summed E-state index contributed by atoms with van der Waals surface area (Å²) in [6.07, 6.45) is 2.95. The van der Waals surface area contributed by atoms with Crippen molar-refractivity contribution in [2.75, 3.05) is 13.1 Å². The molecule has 0 aliphatic carbocycles. The van der Waals surface area contributed by atoms with Crippen molar-refractivity contribution in [2.45, 2.75) is 6.42 Å². The second-order valence-electron chi connectivity index (χ2n) is 1.43. The topological polar surface area (TPSA) is 53.8 Å². The monoisotopic (exact) mass is 189 g/mol. The molecule has 0 atom stereocenters. The fourth-order valence-electron chi connectivity index (χ4n) is 0.408. The van der Waals surface area contributed by atoms with Crippen LogP contribution in [0.3, 0.4) is 0 Å². The zero-order chi connectivity index (χ0) is 4.41. The van der Waals surface area contributed by atoms with E-state index in [9.17, 15) is 4.79 Å². The van der Waals surface area contributed by atoms with Gasteiger partial charge in [-0.25, -0.2) is 0 Å². The van der Waals surface area contributed by atoms with Gasteiger partial charge < -0.3 is 15.8 Å². The molecule has 0 spiro atoms. The van der Waals surface area contributed by atoms with Crippen LogP contribution < -0.4 is 0 Å². The third kappa shape index (κ3) is 2.75. The molecule has 0 unspecified atom stereocenters. The number of hydrogen-bond acceptors (Lipinski definition) is 1. The summed E-state index contributed by atoms with van der Waals surface area (Å²) < 4.78 is 0. The number of nitrogens with zero attached hydrogens (tertiary/aromatic N) is 1. The molecule has 1 aliphatic heterocycles. The summed E-state index contributed by atoms with van der Waals surface area (Å²) >= 11 is 0. The Morgan fingerprint density at radius 1 is 1.38 bits per heavy atom. The maximum Gasteiger partial charge on any atom is 0 e. The Morgan fingerprint density at radius 3 is 1.88 bits per heavy atom. The number of amides is 1. The SMILES string of the molecule is O=[C-]N1CCC1.[NH2-].[Y]. The molecule has 1 heterocycles. The Bertz CT molecular complexity index is 65.1. The molecule has 4 heteroatoms. The van der Waals surface area contributed by atoms with Crippen molar-refractivity contribution in [1.82, 2.24) is 4.90 Å². The average Bonchev–Trinajstić information content (AvgIpc) is 1.31. The van der Waals surface area contributed by atoms with Crippen LogP contribution in [-0.2, 0) is 37.5 Å². The van der Waals surface area contributed by atoms with Crippen LogP contribution >= 0.6 is 0 Å². The van der Waals surface area contributed by atoms with E-state index < -0.39 is 0 Å². The molecule has 3 nitrogen and oxygen atoms in total. The molecular weight excluding hydrogens is 181 g/mol. The van der Waals surface area contributed by atoms with Gasteiger partial charge in [-0.05, 0) is 19.5 Å². The molecule has 0 aromatic carbocycles. The van der Waals surface area contributed by atoms with E-state index in [1.54, 1.807) is 11.3 Å². The number of nitrogens with two attached hydrogens (primary N) is 1. The number of likely N-dealkylation sites (tertiary alicyclic amines) is 1. The largest absolute Gasteiger partial charge is 0.693 e. The maximum absolute atomic E-state index is 9.59. The van der Waals surface area contributed by atoms with Crippen LogP contribution in [-0.4, -0.2) is 24.4 Å². The summed E-state index contributed by atoms with van der Waals surface area (Å²) in [5, 5.41) is 0. The fourth-order valence-corrected chi connectivity index (χ4v) is 0.408. The molecule has 45 valence electrons. The first kappa shape index (κ1) is 11.3. The molecule has 1 rings (SSSR count). The van der Waals surface area contributed by atoms with Crippen LogP contribution in [0.25, 0.3) is 6.15 Å². The summed E-state index contributed by atoms with van der Waals surface area (Å²) in [6.45, 7) is 1.84. The molecule has 0 saturated carbocycles. The first-order valence-electron chi connectivity index (χ1n) is 2.06. The smallest absolute Gasteiger partial charge is 0 e. The van der Waals surface area contributed by atoms with E-state index in [-0.39, 0.29) is 38.9 Å². The molecule has 2 N–H and O–H groups in total. The Balaban J connectivity index is 0. The molecular formula is C4H8N2OY-2. The maximum atomic E-state index is 9.59. The Hall–Kier alpha value is 0.534. The molecule has 0 aromatic rings. The number of rotatable bonds is 1. The Kier molecular flexibility index (Phi) is 8.04. The average molecular weight is 189 g/mol. The zero-order valence-electron chi connectivity index (χ0n) is 4.63. The van der Waals surface area contributed by atoms with Gasteiger partial charge in [-0.3, -0.25) is 0 Å². The minimum absolute atomic E-state index is 0. The van der Waals surface area contributed by atoms with Crippen molar-refractivity contribution in [3.8, 4) is 0 Å². The first-order valence-corrected chi connectivity index (χ1v) is 2.06. The van der Waals surface area contributed by atoms with E-state index >= 15 is 0 Å². The second kappa shape index (κ2) is 5.67. The minimum Gasteiger partial charge on any atom is -0.693 e. The molecule has 1 amide bonds. The second-order valence-corrected chi connectivity index (χ2v) is 1.43. The van der Waals surface area contributed by atoms with Crippen LogP contribution in [0.1, 0.15) is 6.42 Å². The van der Waals surface area contributed by atoms with Crippen LogP contribution in [0.4, 0.5) is 0 Å². The van der Waals surface area contributed by atoms with Crippen LogP contribution in [0, 0.1) is 0 Å². The van der Waals surface area contributed by atoms with E-state index in [4.69, 9.17) is 0 Å². The minimum atomic E-state index is 0. The van der Waals surface area contributed by atoms with Gasteiger partial charge in [0.1, 0.15) is 0 Å². The van der Waals surface area contributed by atoms with Gasteiger partial charge >= 0.3 is 0 Å². The van der Waals surface area contributed by atoms with E-state index in [2.05, 4.69) is 0 Å². The van der Waals surface area contributed by atoms with Crippen molar-refractivity contribution in [3.63, 3.8) is 0 Å². The van der Waals surface area contributed by atoms with Crippen molar-refractivity contribution >= 4 is 6.41 Å². The van der Waals surface area contributed by atoms with Gasteiger partial charge in [-0.2, -0.15) is 6.41 Å². The van der Waals surface area contributed by atoms with E-state index in [1.165, 1.54) is 0 Å². The van der Waals surface area contributed by atoms with Crippen LogP contribution in [0.2, 0.25) is 0 Å². The van der Waals surface area contributed by atoms with Gasteiger partial charge in [0.2, 0.25) is 0 Å². The molecule has 1 radical (unpaired) electrons. The van der Waals surface area contributed by atoms with Crippen LogP contribution in [0.15, 0.2) is 0 Å². The van der Waals surface area contributed by atoms with E-state index in [0.29, 0.717) is 0 Å². The van der Waals surface area contributed by atoms with Crippen molar-refractivity contribution in [3.05, 3.63) is 6.15 Å². The summed E-state index contributed by atoms with van der Waals surface area (Å²) in [4.78, 5) is 11.2. The van der Waals surface area contributed by atoms with Gasteiger partial charge in [0, 0.05) is 32.7 Å². The predicted octanol–water partition coefficient (Wildman–Crippen LogP) is 0.474. The third-order valence-electron chi connectivity index (χ3n) is 0.985. The van der Waals surface area contributed by atoms with Gasteiger partial charge in [0.05, 0.1) is 0 Å². The van der Waals surface area contributed by atoms with E-state index in [0.717, 1.165) is 19.5 Å². The van der Waals surface area contributed by atoms with Crippen molar-refractivity contribution < 1.29 is 37.5 Å². The molecule has 8 heavy (non-hydrogen) atoms. The predicted molar refractivity (Wildman–Crippen MR) is 27.2 cm³/mol. The quantitative estimate of drug-likeness (QED) is 0.553. The fraction of sp³-hybridized carbons (Fsp3) is 0.750. The molecule has 0 aromatic heterocycles. The normalized spacial score (nSPS) is 14.8. The molecule has 1 fully saturated rings. The molecule has 1 saturated heterocycles. The number of carbonyl (C=O) groups excluding carboxylic acids is 1. The van der Waals surface area contributed by atoms with Crippen molar-refractivity contribution in [2.24, 2.45) is 0 Å². The van der Waals surface area contributed by atoms with Gasteiger partial charge in [-0.15, -0.1) is 0 Å². The standard InChI is InChI=1S/C4H6NO.H2N.Y/c6-4-5-2-1-3-5;;/h1-3H2;1H2;/q2*-1;. The first-order chi connectivity index (χ1) is 2.93. The zero-order valence-corrected chi connectivity index (χ0v) is 7.47. The Morgan fingerprint density at radius 2 is 1.88 bits per heavy atom. The summed E-state index contributed by atoms with van der Waals surface area (Å²) in [6, 6.07) is 0. The molecule has 0 bridgehead atoms. The number of hydrogen-bond donors (Lipinski definition) is 0. The van der Waals surface area contributed by atoms with Crippen LogP contribution in [0.5, 0.6) is 0 Å². The van der Waals surface area contributed by atoms with Gasteiger partial charge in [-0.1, -0.05) is 0 Å². The van der Waals surface area contributed by atoms with Gasteiger partial charge in [0.15, 0.2) is 0 Å². The van der Waals surface area contributed by atoms with Gasteiger partial charge in [0.25, 0.3) is 0 Å². The molecule has 1 aliphatic rings. The Labute approximate surface area is 74.3 Å². The summed E-state index contributed by atoms with van der Waals surface area (Å²) in [5.74, 6) is 0.